The van der Waals surface area contributed by atoms with Gasteiger partial charge in [0.2, 0.25) is 23.6 Å². The van der Waals surface area contributed by atoms with Crippen molar-refractivity contribution >= 4 is 35.6 Å². The molecule has 0 aromatic rings. The van der Waals surface area contributed by atoms with Gasteiger partial charge in [0, 0.05) is 0 Å². The van der Waals surface area contributed by atoms with E-state index in [0.29, 0.717) is 6.42 Å². The zero-order valence-electron chi connectivity index (χ0n) is 18.0. The molecule has 0 aromatic carbocycles. The summed E-state index contributed by atoms with van der Waals surface area (Å²) in [5.41, 5.74) is 10.5. The van der Waals surface area contributed by atoms with Crippen molar-refractivity contribution in [1.82, 2.24) is 16.0 Å². The molecular formula is C18H31N5O9. The van der Waals surface area contributed by atoms with E-state index in [4.69, 9.17) is 21.7 Å². The summed E-state index contributed by atoms with van der Waals surface area (Å²) in [7, 11) is 0. The van der Waals surface area contributed by atoms with Crippen LogP contribution in [0.1, 0.15) is 40.0 Å². The van der Waals surface area contributed by atoms with Gasteiger partial charge in [-0.15, -0.1) is 0 Å². The molecule has 14 nitrogen and oxygen atoms in total. The molecule has 0 bridgehead atoms. The molecule has 10 N–H and O–H groups in total. The number of hydrogen-bond donors (Lipinski definition) is 8. The fourth-order valence-corrected chi connectivity index (χ4v) is 2.55. The van der Waals surface area contributed by atoms with E-state index < -0.39 is 84.6 Å². The summed E-state index contributed by atoms with van der Waals surface area (Å²) in [5.74, 6) is -7.23. The Balaban J connectivity index is 5.51. The lowest BCUT2D eigenvalue weighted by molar-refractivity contribution is -0.144. The Labute approximate surface area is 184 Å². The van der Waals surface area contributed by atoms with E-state index in [0.717, 1.165) is 6.92 Å². The molecule has 0 radical (unpaired) electrons. The largest absolute Gasteiger partial charge is 0.481 e. The predicted octanol–water partition coefficient (Wildman–Crippen LogP) is -3.37. The van der Waals surface area contributed by atoms with Crippen LogP contribution in [-0.4, -0.2) is 81.2 Å². The monoisotopic (exact) mass is 461 g/mol. The van der Waals surface area contributed by atoms with Crippen molar-refractivity contribution in [3.63, 3.8) is 0 Å². The minimum Gasteiger partial charge on any atom is -0.481 e. The Morgan fingerprint density at radius 2 is 1.34 bits per heavy atom. The first kappa shape index (κ1) is 28.7. The molecular weight excluding hydrogens is 430 g/mol. The average molecular weight is 461 g/mol. The van der Waals surface area contributed by atoms with Crippen LogP contribution in [-0.2, 0) is 28.8 Å². The highest BCUT2D eigenvalue weighted by atomic mass is 16.4. The number of rotatable bonds is 14. The maximum absolute atomic E-state index is 12.8. The minimum absolute atomic E-state index is 0.401. The summed E-state index contributed by atoms with van der Waals surface area (Å²) in [4.78, 5) is 70.4. The second-order valence-corrected chi connectivity index (χ2v) is 7.37. The van der Waals surface area contributed by atoms with E-state index in [9.17, 15) is 33.9 Å². The van der Waals surface area contributed by atoms with Gasteiger partial charge >= 0.3 is 11.9 Å². The Bertz CT molecular complexity index is 728. The van der Waals surface area contributed by atoms with Crippen LogP contribution in [0.25, 0.3) is 0 Å². The van der Waals surface area contributed by atoms with Crippen LogP contribution < -0.4 is 27.4 Å². The second kappa shape index (κ2) is 13.2. The maximum atomic E-state index is 12.8. The van der Waals surface area contributed by atoms with Gasteiger partial charge in [0.25, 0.3) is 0 Å². The van der Waals surface area contributed by atoms with Crippen molar-refractivity contribution in [2.75, 3.05) is 0 Å². The lowest BCUT2D eigenvalue weighted by atomic mass is 9.97. The van der Waals surface area contributed by atoms with Gasteiger partial charge in [0.15, 0.2) is 0 Å². The lowest BCUT2D eigenvalue weighted by Crippen LogP contribution is -2.61. The van der Waals surface area contributed by atoms with Crippen molar-refractivity contribution < 1.29 is 44.1 Å². The Morgan fingerprint density at radius 1 is 0.844 bits per heavy atom. The summed E-state index contributed by atoms with van der Waals surface area (Å²) < 4.78 is 0. The SMILES string of the molecule is CCC(C)C(NC(=O)C(N)CC(=O)O)C(=O)NC(C(=O)NC(CC(N)=O)C(=O)O)C(C)O. The van der Waals surface area contributed by atoms with Crippen molar-refractivity contribution in [3.8, 4) is 0 Å². The van der Waals surface area contributed by atoms with E-state index in [1.807, 2.05) is 5.32 Å². The fraction of sp³-hybridized carbons (Fsp3) is 0.667. The summed E-state index contributed by atoms with van der Waals surface area (Å²) in [5, 5.41) is 34.4. The van der Waals surface area contributed by atoms with Crippen LogP contribution in [0.5, 0.6) is 0 Å². The molecule has 0 saturated heterocycles. The Kier molecular flexibility index (Phi) is 11.9. The second-order valence-electron chi connectivity index (χ2n) is 7.37. The highest BCUT2D eigenvalue weighted by molar-refractivity contribution is 5.95. The molecule has 0 rings (SSSR count). The number of nitrogens with one attached hydrogen (secondary N) is 3. The predicted molar refractivity (Wildman–Crippen MR) is 109 cm³/mol. The molecule has 14 heteroatoms. The average Bonchev–Trinajstić information content (AvgIpc) is 2.67. The van der Waals surface area contributed by atoms with Crippen molar-refractivity contribution in [2.24, 2.45) is 17.4 Å². The standard InChI is InChI=1S/C18H31N5O9/c1-4-7(2)13(22-15(28)9(19)5-12(26)27)16(29)23-14(8(3)24)17(30)21-10(18(31)32)6-11(20)25/h7-10,13-14,24H,4-6,19H2,1-3H3,(H2,20,25)(H,21,30)(H,22,28)(H,23,29)(H,26,27)(H,31,32). The van der Waals surface area contributed by atoms with Crippen LogP contribution >= 0.6 is 0 Å². The van der Waals surface area contributed by atoms with Gasteiger partial charge in [-0.05, 0) is 12.8 Å². The number of amides is 4. The maximum Gasteiger partial charge on any atom is 0.326 e. The highest BCUT2D eigenvalue weighted by Crippen LogP contribution is 2.10. The highest BCUT2D eigenvalue weighted by Gasteiger charge is 2.34. The van der Waals surface area contributed by atoms with E-state index in [2.05, 4.69) is 10.6 Å². The first-order valence-electron chi connectivity index (χ1n) is 9.78. The summed E-state index contributed by atoms with van der Waals surface area (Å²) in [6, 6.07) is -5.97. The number of carboxylic acid groups (broad SMARTS) is 2. The van der Waals surface area contributed by atoms with Gasteiger partial charge in [0.1, 0.15) is 18.1 Å². The number of aliphatic hydroxyl groups excluding tert-OH is 1. The van der Waals surface area contributed by atoms with Gasteiger partial charge in [-0.1, -0.05) is 20.3 Å². The van der Waals surface area contributed by atoms with Gasteiger partial charge in [0.05, 0.1) is 25.0 Å². The summed E-state index contributed by atoms with van der Waals surface area (Å²) in [6.07, 6.45) is -2.47. The fourth-order valence-electron chi connectivity index (χ4n) is 2.55. The molecule has 0 aliphatic rings. The van der Waals surface area contributed by atoms with Crippen LogP contribution in [0.2, 0.25) is 0 Å². The van der Waals surface area contributed by atoms with Gasteiger partial charge in [-0.2, -0.15) is 0 Å². The van der Waals surface area contributed by atoms with E-state index >= 15 is 0 Å². The van der Waals surface area contributed by atoms with Crippen LogP contribution in [0.15, 0.2) is 0 Å². The third-order valence-corrected chi connectivity index (χ3v) is 4.61. The molecule has 182 valence electrons. The molecule has 0 saturated carbocycles. The third kappa shape index (κ3) is 9.70. The number of aliphatic hydroxyl groups is 1. The topological polar surface area (TPSA) is 251 Å². The Hall–Kier alpha value is -3.26. The summed E-state index contributed by atoms with van der Waals surface area (Å²) in [6.45, 7) is 4.49. The molecule has 0 fully saturated rings. The van der Waals surface area contributed by atoms with Crippen molar-refractivity contribution in [2.45, 2.75) is 70.3 Å². The number of nitrogens with two attached hydrogens (primary N) is 2. The molecule has 0 spiro atoms. The molecule has 0 heterocycles. The van der Waals surface area contributed by atoms with Crippen LogP contribution in [0.4, 0.5) is 0 Å². The molecule has 6 unspecified atom stereocenters. The smallest absolute Gasteiger partial charge is 0.326 e. The molecule has 0 aliphatic heterocycles. The Morgan fingerprint density at radius 3 is 1.75 bits per heavy atom. The zero-order valence-corrected chi connectivity index (χ0v) is 18.0. The number of primary amides is 1. The quantitative estimate of drug-likeness (QED) is 0.127. The number of carbonyl (C=O) groups is 6. The third-order valence-electron chi connectivity index (χ3n) is 4.61. The summed E-state index contributed by atoms with van der Waals surface area (Å²) >= 11 is 0. The molecule has 6 atom stereocenters. The van der Waals surface area contributed by atoms with Crippen LogP contribution in [0, 0.1) is 5.92 Å². The van der Waals surface area contributed by atoms with E-state index in [-0.39, 0.29) is 0 Å². The number of carboxylic acids is 2. The van der Waals surface area contributed by atoms with Crippen molar-refractivity contribution in [3.05, 3.63) is 0 Å². The lowest BCUT2D eigenvalue weighted by Gasteiger charge is -2.28. The molecule has 4 amide bonds. The first-order chi connectivity index (χ1) is 14.7. The number of carbonyl (C=O) groups excluding carboxylic acids is 4. The van der Waals surface area contributed by atoms with Gasteiger partial charge < -0.3 is 42.7 Å². The van der Waals surface area contributed by atoms with E-state index in [1.165, 1.54) is 0 Å². The van der Waals surface area contributed by atoms with Gasteiger partial charge in [-0.25, -0.2) is 4.79 Å². The molecule has 0 aliphatic carbocycles. The van der Waals surface area contributed by atoms with Crippen molar-refractivity contribution in [1.29, 1.82) is 0 Å². The van der Waals surface area contributed by atoms with Gasteiger partial charge in [-0.3, -0.25) is 24.0 Å². The van der Waals surface area contributed by atoms with E-state index in [1.54, 1.807) is 13.8 Å². The molecule has 32 heavy (non-hydrogen) atoms. The zero-order chi connectivity index (χ0) is 25.2. The number of aliphatic carboxylic acids is 2. The number of hydrogen-bond acceptors (Lipinski definition) is 8. The normalized spacial score (nSPS) is 16.4. The molecule has 0 aromatic heterocycles. The first-order valence-corrected chi connectivity index (χ1v) is 9.78. The van der Waals surface area contributed by atoms with Crippen LogP contribution in [0.3, 0.4) is 0 Å². The minimum atomic E-state index is -1.68.